The molecule has 0 saturated carbocycles. The monoisotopic (exact) mass is 522 g/mol. The van der Waals surface area contributed by atoms with Gasteiger partial charge in [0.2, 0.25) is 0 Å². The van der Waals surface area contributed by atoms with Crippen molar-refractivity contribution in [3.8, 4) is 0 Å². The lowest BCUT2D eigenvalue weighted by atomic mass is 10.0. The Kier molecular flexibility index (Phi) is 6.83. The first-order chi connectivity index (χ1) is 10.8. The van der Waals surface area contributed by atoms with Crippen LogP contribution in [0.5, 0.6) is 0 Å². The maximum atomic E-state index is 14.9. The molecule has 0 radical (unpaired) electrons. The van der Waals surface area contributed by atoms with E-state index in [2.05, 4.69) is 15.9 Å². The number of benzene rings is 1. The first-order valence-corrected chi connectivity index (χ1v) is 10.5. The molecule has 1 aromatic carbocycles. The van der Waals surface area contributed by atoms with E-state index >= 15 is 0 Å². The average Bonchev–Trinajstić information content (AvgIpc) is 2.49. The molecule has 1 fully saturated rings. The van der Waals surface area contributed by atoms with E-state index in [0.717, 1.165) is 4.47 Å². The van der Waals surface area contributed by atoms with E-state index < -0.39 is 40.1 Å². The molecule has 5 nitrogen and oxygen atoms in total. The molecule has 130 valence electrons. The van der Waals surface area contributed by atoms with Gasteiger partial charge in [0, 0.05) is 4.47 Å². The maximum absolute atomic E-state index is 14.9. The van der Waals surface area contributed by atoms with Crippen molar-refractivity contribution in [2.45, 2.75) is 39.6 Å². The third-order valence-electron chi connectivity index (χ3n) is 3.58. The van der Waals surface area contributed by atoms with Gasteiger partial charge in [-0.2, -0.15) is 0 Å². The van der Waals surface area contributed by atoms with Crippen molar-refractivity contribution in [1.82, 2.24) is 0 Å². The highest BCUT2D eigenvalue weighted by Crippen LogP contribution is 2.31. The summed E-state index contributed by atoms with van der Waals surface area (Å²) in [5.74, 6) is 0. The van der Waals surface area contributed by atoms with Gasteiger partial charge in [-0.1, -0.05) is 38.5 Å². The molecule has 3 unspecified atom stereocenters. The van der Waals surface area contributed by atoms with Crippen LogP contribution in [0.4, 0.5) is 4.39 Å². The Balaban J connectivity index is 2.29. The molecule has 1 aromatic rings. The Hall–Kier alpha value is 0.190. The lowest BCUT2D eigenvalue weighted by Crippen LogP contribution is -2.56. The van der Waals surface area contributed by atoms with Gasteiger partial charge in [-0.05, 0) is 31.2 Å². The van der Waals surface area contributed by atoms with Gasteiger partial charge in [0.25, 0.3) is 0 Å². The second-order valence-electron chi connectivity index (χ2n) is 5.18. The third-order valence-corrected chi connectivity index (χ3v) is 6.52. The summed E-state index contributed by atoms with van der Waals surface area (Å²) in [5.41, 5.74) is 0. The molecule has 23 heavy (non-hydrogen) atoms. The van der Waals surface area contributed by atoms with Crippen LogP contribution in [0, 0.1) is 0 Å². The van der Waals surface area contributed by atoms with Crippen molar-refractivity contribution < 1.29 is 27.4 Å². The van der Waals surface area contributed by atoms with Gasteiger partial charge in [-0.3, -0.25) is 0 Å². The molecule has 1 aliphatic heterocycles. The Labute approximate surface area is 156 Å². The zero-order valence-electron chi connectivity index (χ0n) is 12.2. The van der Waals surface area contributed by atoms with Crippen LogP contribution in [0.1, 0.15) is 6.92 Å². The Bertz CT molecular complexity index is 625. The normalized spacial score (nSPS) is 30.1. The van der Waals surface area contributed by atoms with Gasteiger partial charge >= 0.3 is 0 Å². The predicted molar refractivity (Wildman–Crippen MR) is 95.2 cm³/mol. The number of hydrogen-bond donors (Lipinski definition) is 1. The van der Waals surface area contributed by atoms with Crippen LogP contribution in [-0.2, 0) is 19.3 Å². The number of halogens is 3. The zero-order valence-corrected chi connectivity index (χ0v) is 16.8. The van der Waals surface area contributed by atoms with Gasteiger partial charge in [0.1, 0.15) is 27.7 Å². The van der Waals surface area contributed by atoms with Gasteiger partial charge in [0.15, 0.2) is 9.84 Å². The number of aliphatic hydroxyl groups is 1. The highest BCUT2D eigenvalue weighted by molar-refractivity contribution is 14.1. The van der Waals surface area contributed by atoms with E-state index in [-0.39, 0.29) is 15.6 Å². The smallest absolute Gasteiger partial charge is 0.186 e. The van der Waals surface area contributed by atoms with Crippen LogP contribution < -0.4 is 0 Å². The molecule has 0 bridgehead atoms. The number of ether oxygens (including phenoxy) is 2. The molecular weight excluding hydrogens is 506 g/mol. The Morgan fingerprint density at radius 2 is 2.09 bits per heavy atom. The molecule has 1 heterocycles. The van der Waals surface area contributed by atoms with Gasteiger partial charge in [-0.15, -0.1) is 0 Å². The first-order valence-electron chi connectivity index (χ1n) is 6.93. The van der Waals surface area contributed by atoms with E-state index in [1.807, 2.05) is 22.6 Å². The fraction of sp³-hybridized carbons (Fsp3) is 0.571. The summed E-state index contributed by atoms with van der Waals surface area (Å²) >= 11 is 5.18. The third kappa shape index (κ3) is 4.43. The summed E-state index contributed by atoms with van der Waals surface area (Å²) in [6, 6.07) is 6.00. The largest absolute Gasteiger partial charge is 0.394 e. The topological polar surface area (TPSA) is 72.8 Å². The molecule has 2 rings (SSSR count). The molecule has 0 spiro atoms. The molecule has 5 atom stereocenters. The van der Waals surface area contributed by atoms with Crippen molar-refractivity contribution in [2.75, 3.05) is 13.2 Å². The molecule has 0 amide bonds. The van der Waals surface area contributed by atoms with Crippen molar-refractivity contribution >= 4 is 48.4 Å². The van der Waals surface area contributed by atoms with E-state index in [4.69, 9.17) is 9.47 Å². The van der Waals surface area contributed by atoms with E-state index in [0.29, 0.717) is 0 Å². The zero-order chi connectivity index (χ0) is 17.2. The number of hydrogen-bond acceptors (Lipinski definition) is 5. The molecule has 1 N–H and O–H groups in total. The number of sulfone groups is 1. The lowest BCUT2D eigenvalue weighted by Gasteiger charge is -2.38. The highest BCUT2D eigenvalue weighted by atomic mass is 127. The quantitative estimate of drug-likeness (QED) is 0.475. The van der Waals surface area contributed by atoms with Crippen molar-refractivity contribution in [3.05, 3.63) is 28.7 Å². The Morgan fingerprint density at radius 3 is 2.61 bits per heavy atom. The van der Waals surface area contributed by atoms with Crippen LogP contribution in [0.25, 0.3) is 0 Å². The van der Waals surface area contributed by atoms with Crippen LogP contribution >= 0.6 is 38.5 Å². The molecule has 9 heteroatoms. The molecule has 1 aliphatic rings. The first kappa shape index (κ1) is 19.5. The SMILES string of the molecule is CC(I)O[C@@H]1C(CO)OCC(S(=O)(=O)c2ccc(Br)cc2)[C@@H]1F. The number of alkyl halides is 2. The number of aliphatic hydroxyl groups excluding tert-OH is 1. The minimum atomic E-state index is -3.91. The molecule has 1 saturated heterocycles. The minimum Gasteiger partial charge on any atom is -0.394 e. The van der Waals surface area contributed by atoms with Crippen LogP contribution in [-0.4, -0.2) is 54.5 Å². The summed E-state index contributed by atoms with van der Waals surface area (Å²) in [5, 5.41) is 7.93. The van der Waals surface area contributed by atoms with Crippen molar-refractivity contribution in [2.24, 2.45) is 0 Å². The fourth-order valence-corrected chi connectivity index (χ4v) is 4.64. The Morgan fingerprint density at radius 1 is 1.48 bits per heavy atom. The average molecular weight is 523 g/mol. The fourth-order valence-electron chi connectivity index (χ4n) is 2.42. The summed E-state index contributed by atoms with van der Waals surface area (Å²) < 4.78 is 51.4. The second kappa shape index (κ2) is 8.05. The summed E-state index contributed by atoms with van der Waals surface area (Å²) in [6.07, 6.45) is -3.79. The summed E-state index contributed by atoms with van der Waals surface area (Å²) in [6.45, 7) is 0.953. The van der Waals surface area contributed by atoms with Crippen LogP contribution in [0.15, 0.2) is 33.6 Å². The van der Waals surface area contributed by atoms with Gasteiger partial charge < -0.3 is 14.6 Å². The predicted octanol–water partition coefficient (Wildman–Crippen LogP) is 2.49. The summed E-state index contributed by atoms with van der Waals surface area (Å²) in [4.78, 5) is 0.0284. The molecular formula is C14H17BrFIO5S. The van der Waals surface area contributed by atoms with Crippen LogP contribution in [0.3, 0.4) is 0 Å². The summed E-state index contributed by atoms with van der Waals surface area (Å²) in [7, 11) is -3.91. The van der Waals surface area contributed by atoms with Crippen molar-refractivity contribution in [3.63, 3.8) is 0 Å². The lowest BCUT2D eigenvalue weighted by molar-refractivity contribution is -0.151. The molecule has 0 aromatic heterocycles. The highest BCUT2D eigenvalue weighted by Gasteiger charge is 2.48. The molecule has 0 aliphatic carbocycles. The standard InChI is InChI=1S/C14H17BrFIO5S/c1-8(17)22-14-11(6-18)21-7-12(13(14)16)23(19,20)10-4-2-9(15)3-5-10/h2-5,8,11-14,18H,6-7H2,1H3/t8?,11?,12?,13-,14+/m0/s1. The van der Waals surface area contributed by atoms with Gasteiger partial charge in [-0.25, -0.2) is 12.8 Å². The minimum absolute atomic E-state index is 0.0284. The second-order valence-corrected chi connectivity index (χ2v) is 10.0. The van der Waals surface area contributed by atoms with E-state index in [1.54, 1.807) is 19.1 Å². The van der Waals surface area contributed by atoms with Gasteiger partial charge in [0.05, 0.1) is 18.1 Å². The van der Waals surface area contributed by atoms with E-state index in [9.17, 15) is 17.9 Å². The van der Waals surface area contributed by atoms with Crippen LogP contribution in [0.2, 0.25) is 0 Å². The maximum Gasteiger partial charge on any atom is 0.186 e. The van der Waals surface area contributed by atoms with E-state index in [1.165, 1.54) is 12.1 Å². The van der Waals surface area contributed by atoms with Crippen molar-refractivity contribution in [1.29, 1.82) is 0 Å². The number of rotatable bonds is 5.